The first-order chi connectivity index (χ1) is 8.26. The molecule has 2 rings (SSSR count). The molecule has 1 heterocycles. The molecule has 94 valence electrons. The third kappa shape index (κ3) is 2.53. The normalized spacial score (nSPS) is 15.7. The fourth-order valence-electron chi connectivity index (χ4n) is 2.09. The molecule has 17 heavy (non-hydrogen) atoms. The number of aryl methyl sites for hydroxylation is 1. The highest BCUT2D eigenvalue weighted by Gasteiger charge is 2.18. The van der Waals surface area contributed by atoms with Crippen LogP contribution in [0, 0.1) is 0 Å². The summed E-state index contributed by atoms with van der Waals surface area (Å²) in [7, 11) is 0. The number of hydrogen-bond donors (Lipinski definition) is 2. The van der Waals surface area contributed by atoms with Crippen molar-refractivity contribution in [2.75, 3.05) is 19.8 Å². The van der Waals surface area contributed by atoms with Crippen LogP contribution >= 0.6 is 0 Å². The molecule has 1 aliphatic heterocycles. The van der Waals surface area contributed by atoms with E-state index in [4.69, 9.17) is 20.3 Å². The average molecular weight is 237 g/mol. The molecule has 1 aromatic carbocycles. The van der Waals surface area contributed by atoms with Crippen LogP contribution in [0.2, 0.25) is 0 Å². The second kappa shape index (κ2) is 5.38. The van der Waals surface area contributed by atoms with Gasteiger partial charge in [0.1, 0.15) is 13.2 Å². The van der Waals surface area contributed by atoms with Gasteiger partial charge in [-0.15, -0.1) is 0 Å². The van der Waals surface area contributed by atoms with Gasteiger partial charge in [0, 0.05) is 12.6 Å². The van der Waals surface area contributed by atoms with E-state index in [1.54, 1.807) is 0 Å². The smallest absolute Gasteiger partial charge is 0.161 e. The Morgan fingerprint density at radius 3 is 2.53 bits per heavy atom. The van der Waals surface area contributed by atoms with Crippen LogP contribution in [0.15, 0.2) is 12.1 Å². The van der Waals surface area contributed by atoms with E-state index >= 15 is 0 Å². The standard InChI is InChI=1S/C13H19NO3/c1-2-9-7-12-13(17-6-5-16-12)8-10(9)11(14)3-4-15/h7-8,11,15H,2-6,14H2,1H3. The van der Waals surface area contributed by atoms with Gasteiger partial charge >= 0.3 is 0 Å². The van der Waals surface area contributed by atoms with Gasteiger partial charge in [0.05, 0.1) is 0 Å². The lowest BCUT2D eigenvalue weighted by molar-refractivity contribution is 0.171. The Morgan fingerprint density at radius 1 is 1.29 bits per heavy atom. The lowest BCUT2D eigenvalue weighted by Gasteiger charge is -2.23. The molecule has 4 heteroatoms. The van der Waals surface area contributed by atoms with Gasteiger partial charge in [-0.3, -0.25) is 0 Å². The molecule has 1 aliphatic rings. The Balaban J connectivity index is 2.36. The van der Waals surface area contributed by atoms with Gasteiger partial charge in [-0.2, -0.15) is 0 Å². The van der Waals surface area contributed by atoms with Crippen LogP contribution in [-0.4, -0.2) is 24.9 Å². The van der Waals surface area contributed by atoms with Crippen LogP contribution in [0.4, 0.5) is 0 Å². The average Bonchev–Trinajstić information content (AvgIpc) is 2.37. The summed E-state index contributed by atoms with van der Waals surface area (Å²) in [5.74, 6) is 1.56. The van der Waals surface area contributed by atoms with E-state index in [1.807, 2.05) is 12.1 Å². The van der Waals surface area contributed by atoms with Crippen LogP contribution in [0.5, 0.6) is 11.5 Å². The maximum absolute atomic E-state index is 8.96. The predicted molar refractivity (Wildman–Crippen MR) is 65.4 cm³/mol. The highest BCUT2D eigenvalue weighted by molar-refractivity contribution is 5.49. The number of aliphatic hydroxyl groups is 1. The second-order valence-corrected chi connectivity index (χ2v) is 4.17. The predicted octanol–water partition coefficient (Wildman–Crippen LogP) is 1.40. The van der Waals surface area contributed by atoms with Crippen molar-refractivity contribution in [1.82, 2.24) is 0 Å². The lowest BCUT2D eigenvalue weighted by atomic mass is 9.96. The maximum Gasteiger partial charge on any atom is 0.161 e. The van der Waals surface area contributed by atoms with Crippen LogP contribution in [0.25, 0.3) is 0 Å². The van der Waals surface area contributed by atoms with Gasteiger partial charge in [0.2, 0.25) is 0 Å². The molecule has 1 unspecified atom stereocenters. The molecule has 3 N–H and O–H groups in total. The molecule has 0 saturated carbocycles. The number of rotatable bonds is 4. The number of ether oxygens (including phenoxy) is 2. The van der Waals surface area contributed by atoms with E-state index in [2.05, 4.69) is 6.92 Å². The van der Waals surface area contributed by atoms with Crippen molar-refractivity contribution in [2.45, 2.75) is 25.8 Å². The van der Waals surface area contributed by atoms with E-state index in [9.17, 15) is 0 Å². The number of hydrogen-bond acceptors (Lipinski definition) is 4. The van der Waals surface area contributed by atoms with Gasteiger partial charge in [0.15, 0.2) is 11.5 Å². The molecule has 0 saturated heterocycles. The summed E-state index contributed by atoms with van der Waals surface area (Å²) in [4.78, 5) is 0. The van der Waals surface area contributed by atoms with Crippen molar-refractivity contribution >= 4 is 0 Å². The van der Waals surface area contributed by atoms with Crippen molar-refractivity contribution in [3.63, 3.8) is 0 Å². The summed E-state index contributed by atoms with van der Waals surface area (Å²) in [5, 5.41) is 8.96. The van der Waals surface area contributed by atoms with Crippen LogP contribution in [0.1, 0.15) is 30.5 Å². The first-order valence-corrected chi connectivity index (χ1v) is 6.05. The summed E-state index contributed by atoms with van der Waals surface area (Å²) in [6.07, 6.45) is 1.46. The third-order valence-corrected chi connectivity index (χ3v) is 3.02. The molecule has 1 aromatic rings. The molecule has 0 bridgehead atoms. The minimum absolute atomic E-state index is 0.0960. The van der Waals surface area contributed by atoms with Gasteiger partial charge in [-0.25, -0.2) is 0 Å². The fourth-order valence-corrected chi connectivity index (χ4v) is 2.09. The second-order valence-electron chi connectivity index (χ2n) is 4.17. The third-order valence-electron chi connectivity index (χ3n) is 3.02. The highest BCUT2D eigenvalue weighted by Crippen LogP contribution is 2.35. The molecular formula is C13H19NO3. The zero-order valence-corrected chi connectivity index (χ0v) is 10.1. The molecule has 0 aromatic heterocycles. The topological polar surface area (TPSA) is 64.7 Å². The van der Waals surface area contributed by atoms with Crippen LogP contribution in [0.3, 0.4) is 0 Å². The number of benzene rings is 1. The Morgan fingerprint density at radius 2 is 1.94 bits per heavy atom. The summed E-state index contributed by atoms with van der Waals surface area (Å²) >= 11 is 0. The number of aliphatic hydroxyl groups excluding tert-OH is 1. The van der Waals surface area contributed by atoms with Gasteiger partial charge in [-0.1, -0.05) is 6.92 Å². The minimum atomic E-state index is -0.147. The molecule has 0 aliphatic carbocycles. The van der Waals surface area contributed by atoms with Crippen molar-refractivity contribution in [3.8, 4) is 11.5 Å². The van der Waals surface area contributed by atoms with Gasteiger partial charge in [0.25, 0.3) is 0 Å². The largest absolute Gasteiger partial charge is 0.486 e. The molecule has 0 spiro atoms. The van der Waals surface area contributed by atoms with Crippen molar-refractivity contribution in [1.29, 1.82) is 0 Å². The molecule has 0 radical (unpaired) electrons. The van der Waals surface area contributed by atoms with Crippen molar-refractivity contribution in [3.05, 3.63) is 23.3 Å². The van der Waals surface area contributed by atoms with E-state index in [-0.39, 0.29) is 12.6 Å². The zero-order valence-electron chi connectivity index (χ0n) is 10.1. The van der Waals surface area contributed by atoms with Crippen molar-refractivity contribution in [2.24, 2.45) is 5.73 Å². The molecular weight excluding hydrogens is 218 g/mol. The fraction of sp³-hybridized carbons (Fsp3) is 0.538. The van der Waals surface area contributed by atoms with E-state index in [0.717, 1.165) is 29.0 Å². The van der Waals surface area contributed by atoms with Gasteiger partial charge < -0.3 is 20.3 Å². The SMILES string of the molecule is CCc1cc2c(cc1C(N)CCO)OCCO2. The summed E-state index contributed by atoms with van der Waals surface area (Å²) in [5.41, 5.74) is 8.27. The van der Waals surface area contributed by atoms with E-state index in [0.29, 0.717) is 19.6 Å². The van der Waals surface area contributed by atoms with E-state index < -0.39 is 0 Å². The van der Waals surface area contributed by atoms with Crippen LogP contribution < -0.4 is 15.2 Å². The van der Waals surface area contributed by atoms with Crippen LogP contribution in [-0.2, 0) is 6.42 Å². The first-order valence-electron chi connectivity index (χ1n) is 6.05. The Kier molecular flexibility index (Phi) is 3.86. The number of fused-ring (bicyclic) bond motifs is 1. The van der Waals surface area contributed by atoms with Crippen molar-refractivity contribution < 1.29 is 14.6 Å². The lowest BCUT2D eigenvalue weighted by Crippen LogP contribution is -2.18. The Hall–Kier alpha value is -1.26. The molecule has 0 amide bonds. The molecule has 1 atom stereocenters. The first kappa shape index (κ1) is 12.2. The summed E-state index contributed by atoms with van der Waals surface area (Å²) in [6, 6.07) is 3.81. The van der Waals surface area contributed by atoms with E-state index in [1.165, 1.54) is 0 Å². The number of nitrogens with two attached hydrogens (primary N) is 1. The minimum Gasteiger partial charge on any atom is -0.486 e. The Bertz CT molecular complexity index is 392. The molecule has 0 fully saturated rings. The summed E-state index contributed by atoms with van der Waals surface area (Å²) in [6.45, 7) is 3.35. The zero-order chi connectivity index (χ0) is 12.3. The quantitative estimate of drug-likeness (QED) is 0.831. The molecule has 4 nitrogen and oxygen atoms in total. The van der Waals surface area contributed by atoms with Gasteiger partial charge in [-0.05, 0) is 36.1 Å². The highest BCUT2D eigenvalue weighted by atomic mass is 16.6. The maximum atomic E-state index is 8.96. The summed E-state index contributed by atoms with van der Waals surface area (Å²) < 4.78 is 11.1. The Labute approximate surface area is 101 Å². The monoisotopic (exact) mass is 237 g/mol.